The first-order chi connectivity index (χ1) is 13.3. The normalized spacial score (nSPS) is 12.6. The van der Waals surface area contributed by atoms with Gasteiger partial charge >= 0.3 is 0 Å². The van der Waals surface area contributed by atoms with E-state index >= 15 is 0 Å². The van der Waals surface area contributed by atoms with Crippen LogP contribution in [0, 0.1) is 6.92 Å². The van der Waals surface area contributed by atoms with Crippen LogP contribution in [-0.2, 0) is 4.79 Å². The first kappa shape index (κ1) is 20.1. The average Bonchev–Trinajstić information content (AvgIpc) is 3.04. The van der Waals surface area contributed by atoms with Crippen molar-refractivity contribution in [2.24, 2.45) is 0 Å². The molecule has 146 valence electrons. The van der Waals surface area contributed by atoms with Gasteiger partial charge in [-0.3, -0.25) is 14.3 Å². The van der Waals surface area contributed by atoms with E-state index in [2.05, 4.69) is 20.5 Å². The van der Waals surface area contributed by atoms with Gasteiger partial charge in [-0.05, 0) is 58.4 Å². The highest BCUT2D eigenvalue weighted by molar-refractivity contribution is 8.00. The lowest BCUT2D eigenvalue weighted by Gasteiger charge is -2.23. The smallest absolute Gasteiger partial charge is 0.233 e. The number of amides is 1. The molecule has 3 aromatic rings. The highest BCUT2D eigenvalue weighted by Gasteiger charge is 2.24. The third-order valence-corrected chi connectivity index (χ3v) is 5.10. The zero-order valence-electron chi connectivity index (χ0n) is 16.8. The number of aryl methyl sites for hydroxylation is 1. The van der Waals surface area contributed by atoms with Crippen LogP contribution in [0.4, 0.5) is 0 Å². The molecule has 2 heterocycles. The Morgan fingerprint density at radius 2 is 1.89 bits per heavy atom. The quantitative estimate of drug-likeness (QED) is 0.660. The van der Waals surface area contributed by atoms with Gasteiger partial charge < -0.3 is 5.32 Å². The van der Waals surface area contributed by atoms with Gasteiger partial charge in [-0.25, -0.2) is 0 Å². The Balaban J connectivity index is 2.02. The van der Waals surface area contributed by atoms with Crippen LogP contribution in [0.15, 0.2) is 53.9 Å². The third kappa shape index (κ3) is 4.59. The number of hydrogen-bond donors (Lipinski definition) is 1. The number of carbonyl (C=O) groups excluding carboxylic acids is 1. The largest absolute Gasteiger partial charge is 0.351 e. The van der Waals surface area contributed by atoms with E-state index in [9.17, 15) is 4.79 Å². The molecule has 0 saturated carbocycles. The number of aromatic nitrogens is 4. The van der Waals surface area contributed by atoms with E-state index in [1.807, 2.05) is 75.6 Å². The topological polar surface area (TPSA) is 72.7 Å². The second-order valence-electron chi connectivity index (χ2n) is 7.67. The average molecular weight is 396 g/mol. The Kier molecular flexibility index (Phi) is 5.84. The Labute approximate surface area is 169 Å². The van der Waals surface area contributed by atoms with Gasteiger partial charge in [0.05, 0.1) is 10.9 Å². The van der Waals surface area contributed by atoms with Crippen molar-refractivity contribution in [3.8, 4) is 17.1 Å². The molecule has 28 heavy (non-hydrogen) atoms. The lowest BCUT2D eigenvalue weighted by atomic mass is 10.1. The van der Waals surface area contributed by atoms with Crippen LogP contribution >= 0.6 is 11.8 Å². The number of nitrogens with zero attached hydrogens (tertiary/aromatic N) is 4. The summed E-state index contributed by atoms with van der Waals surface area (Å²) in [4.78, 5) is 16.8. The van der Waals surface area contributed by atoms with E-state index in [0.29, 0.717) is 11.0 Å². The number of rotatable bonds is 5. The maximum Gasteiger partial charge on any atom is 0.233 e. The summed E-state index contributed by atoms with van der Waals surface area (Å²) >= 11 is 1.39. The number of carbonyl (C=O) groups is 1. The molecule has 0 aliphatic rings. The molecule has 0 spiro atoms. The fourth-order valence-electron chi connectivity index (χ4n) is 2.74. The molecule has 7 heteroatoms. The molecule has 0 radical (unpaired) electrons. The van der Waals surface area contributed by atoms with Gasteiger partial charge in [-0.15, -0.1) is 10.2 Å². The minimum atomic E-state index is -0.312. The Bertz CT molecular complexity index is 962. The zero-order valence-corrected chi connectivity index (χ0v) is 17.6. The molecule has 0 saturated heterocycles. The van der Waals surface area contributed by atoms with Crippen LogP contribution in [0.5, 0.6) is 0 Å². The molecule has 0 aliphatic carbocycles. The molecule has 1 atom stereocenters. The number of benzene rings is 1. The molecule has 2 aromatic heterocycles. The van der Waals surface area contributed by atoms with E-state index in [1.54, 1.807) is 12.4 Å². The molecule has 3 rings (SSSR count). The molecule has 0 aliphatic heterocycles. The predicted molar refractivity (Wildman–Crippen MR) is 113 cm³/mol. The third-order valence-electron chi connectivity index (χ3n) is 4.06. The highest BCUT2D eigenvalue weighted by atomic mass is 32.2. The zero-order chi connectivity index (χ0) is 20.3. The molecule has 0 bridgehead atoms. The summed E-state index contributed by atoms with van der Waals surface area (Å²) in [7, 11) is 0. The molecule has 1 aromatic carbocycles. The maximum atomic E-state index is 12.6. The molecular formula is C21H25N5OS. The van der Waals surface area contributed by atoms with Crippen LogP contribution in [0.2, 0.25) is 0 Å². The van der Waals surface area contributed by atoms with Gasteiger partial charge in [-0.1, -0.05) is 30.0 Å². The fraction of sp³-hybridized carbons (Fsp3) is 0.333. The second kappa shape index (κ2) is 8.14. The summed E-state index contributed by atoms with van der Waals surface area (Å²) in [5, 5.41) is 12.2. The van der Waals surface area contributed by atoms with Gasteiger partial charge in [0.2, 0.25) is 5.91 Å². The Morgan fingerprint density at radius 3 is 2.54 bits per heavy atom. The van der Waals surface area contributed by atoms with E-state index in [0.717, 1.165) is 16.8 Å². The number of thioether (sulfide) groups is 1. The molecule has 1 N–H and O–H groups in total. The summed E-state index contributed by atoms with van der Waals surface area (Å²) in [5.41, 5.74) is 2.67. The van der Waals surface area contributed by atoms with Gasteiger partial charge in [0.1, 0.15) is 0 Å². The first-order valence-corrected chi connectivity index (χ1v) is 10.0. The van der Waals surface area contributed by atoms with Crippen LogP contribution in [0.1, 0.15) is 33.3 Å². The van der Waals surface area contributed by atoms with Gasteiger partial charge in [0, 0.05) is 23.5 Å². The van der Waals surface area contributed by atoms with E-state index in [1.165, 1.54) is 11.8 Å². The summed E-state index contributed by atoms with van der Waals surface area (Å²) < 4.78 is 2.00. The minimum Gasteiger partial charge on any atom is -0.351 e. The Morgan fingerprint density at radius 1 is 1.14 bits per heavy atom. The summed E-state index contributed by atoms with van der Waals surface area (Å²) in [6, 6.07) is 11.9. The molecule has 1 unspecified atom stereocenters. The lowest BCUT2D eigenvalue weighted by molar-refractivity contribution is -0.121. The van der Waals surface area contributed by atoms with Crippen molar-refractivity contribution in [2.75, 3.05) is 0 Å². The molecule has 0 fully saturated rings. The Hall–Kier alpha value is -2.67. The van der Waals surface area contributed by atoms with Gasteiger partial charge in [-0.2, -0.15) is 0 Å². The summed E-state index contributed by atoms with van der Waals surface area (Å²) in [5.74, 6) is 0.674. The number of pyridine rings is 1. The fourth-order valence-corrected chi connectivity index (χ4v) is 3.60. The number of nitrogens with one attached hydrogen (secondary N) is 1. The van der Waals surface area contributed by atoms with Crippen molar-refractivity contribution < 1.29 is 4.79 Å². The number of para-hydroxylation sites is 1. The van der Waals surface area contributed by atoms with E-state index < -0.39 is 0 Å². The monoisotopic (exact) mass is 395 g/mol. The SMILES string of the molecule is Cc1ccccc1-n1c(SC(C)C(=O)NC(C)(C)C)nnc1-c1cccnc1. The highest BCUT2D eigenvalue weighted by Crippen LogP contribution is 2.31. The van der Waals surface area contributed by atoms with Crippen LogP contribution in [0.25, 0.3) is 17.1 Å². The minimum absolute atomic E-state index is 0.0280. The maximum absolute atomic E-state index is 12.6. The van der Waals surface area contributed by atoms with Crippen molar-refractivity contribution >= 4 is 17.7 Å². The standard InChI is InChI=1S/C21H25N5OS/c1-14-9-6-7-11-17(14)26-18(16-10-8-12-22-13-16)24-25-20(26)28-15(2)19(27)23-21(3,4)5/h6-13,15H,1-5H3,(H,23,27). The lowest BCUT2D eigenvalue weighted by Crippen LogP contribution is -2.44. The van der Waals surface area contributed by atoms with Crippen LogP contribution < -0.4 is 5.32 Å². The van der Waals surface area contributed by atoms with E-state index in [-0.39, 0.29) is 16.7 Å². The van der Waals surface area contributed by atoms with Crippen LogP contribution in [0.3, 0.4) is 0 Å². The van der Waals surface area contributed by atoms with Crippen molar-refractivity contribution in [2.45, 2.75) is 50.6 Å². The van der Waals surface area contributed by atoms with Crippen molar-refractivity contribution in [3.05, 3.63) is 54.4 Å². The summed E-state index contributed by atoms with van der Waals surface area (Å²) in [6.45, 7) is 9.84. The first-order valence-electron chi connectivity index (χ1n) is 9.17. The number of hydrogen-bond acceptors (Lipinski definition) is 5. The van der Waals surface area contributed by atoms with E-state index in [4.69, 9.17) is 0 Å². The molecular weight excluding hydrogens is 370 g/mol. The second-order valence-corrected chi connectivity index (χ2v) is 8.98. The predicted octanol–water partition coefficient (Wildman–Crippen LogP) is 4.03. The van der Waals surface area contributed by atoms with Crippen molar-refractivity contribution in [3.63, 3.8) is 0 Å². The molecule has 6 nitrogen and oxygen atoms in total. The van der Waals surface area contributed by atoms with Crippen molar-refractivity contribution in [1.29, 1.82) is 0 Å². The van der Waals surface area contributed by atoms with Crippen LogP contribution in [-0.4, -0.2) is 36.4 Å². The van der Waals surface area contributed by atoms with Crippen molar-refractivity contribution in [1.82, 2.24) is 25.1 Å². The molecule has 1 amide bonds. The van der Waals surface area contributed by atoms with Gasteiger partial charge in [0.25, 0.3) is 0 Å². The van der Waals surface area contributed by atoms with Gasteiger partial charge in [0.15, 0.2) is 11.0 Å². The summed E-state index contributed by atoms with van der Waals surface area (Å²) in [6.07, 6.45) is 3.50.